The molecule has 0 bridgehead atoms. The van der Waals surface area contributed by atoms with E-state index < -0.39 is 0 Å². The van der Waals surface area contributed by atoms with E-state index in [-0.39, 0.29) is 37.5 Å². The molecule has 0 spiro atoms. The lowest BCUT2D eigenvalue weighted by Gasteiger charge is -2.40. The number of terminal acetylenes is 1. The molecule has 1 heterocycles. The lowest BCUT2D eigenvalue weighted by molar-refractivity contribution is -0.126. The van der Waals surface area contributed by atoms with E-state index in [0.717, 1.165) is 31.5 Å². The SMILES string of the molecule is C#CCNC(=O)CNC(=O)CN(SC)C1CCN(C(C)c2cccc(Cl)c2Cl)CC1. The van der Waals surface area contributed by atoms with Gasteiger partial charge in [0.15, 0.2) is 0 Å². The third kappa shape index (κ3) is 7.07. The van der Waals surface area contributed by atoms with Crippen molar-refractivity contribution in [2.24, 2.45) is 0 Å². The van der Waals surface area contributed by atoms with Gasteiger partial charge < -0.3 is 10.6 Å². The Morgan fingerprint density at radius 1 is 1.30 bits per heavy atom. The summed E-state index contributed by atoms with van der Waals surface area (Å²) in [7, 11) is 0. The summed E-state index contributed by atoms with van der Waals surface area (Å²) in [6.07, 6.45) is 8.95. The van der Waals surface area contributed by atoms with Gasteiger partial charge in [0.05, 0.1) is 29.7 Å². The fourth-order valence-electron chi connectivity index (χ4n) is 3.53. The number of hydrogen-bond donors (Lipinski definition) is 2. The maximum Gasteiger partial charge on any atom is 0.240 e. The molecule has 2 amide bonds. The third-order valence-electron chi connectivity index (χ3n) is 5.25. The van der Waals surface area contributed by atoms with Crippen LogP contribution >= 0.6 is 35.1 Å². The first kappa shape index (κ1) is 24.8. The monoisotopic (exact) mass is 470 g/mol. The molecule has 30 heavy (non-hydrogen) atoms. The zero-order valence-electron chi connectivity index (χ0n) is 17.3. The van der Waals surface area contributed by atoms with Crippen molar-refractivity contribution in [3.8, 4) is 12.3 Å². The van der Waals surface area contributed by atoms with Crippen LogP contribution in [0.2, 0.25) is 10.0 Å². The maximum absolute atomic E-state index is 12.2. The first-order chi connectivity index (χ1) is 14.4. The minimum absolute atomic E-state index is 0.0703. The van der Waals surface area contributed by atoms with Crippen LogP contribution in [0.4, 0.5) is 0 Å². The number of hydrogen-bond acceptors (Lipinski definition) is 5. The second-order valence-corrected chi connectivity index (χ2v) is 8.72. The molecule has 0 saturated carbocycles. The number of piperidine rings is 1. The summed E-state index contributed by atoms with van der Waals surface area (Å²) in [4.78, 5) is 26.2. The predicted octanol–water partition coefficient (Wildman–Crippen LogP) is 2.96. The molecule has 1 aliphatic rings. The second kappa shape index (κ2) is 12.4. The Morgan fingerprint density at radius 3 is 2.63 bits per heavy atom. The Hall–Kier alpha value is -1.43. The Kier molecular flexibility index (Phi) is 10.3. The Morgan fingerprint density at radius 2 is 2.00 bits per heavy atom. The van der Waals surface area contributed by atoms with E-state index in [9.17, 15) is 9.59 Å². The summed E-state index contributed by atoms with van der Waals surface area (Å²) in [5, 5.41) is 6.35. The lowest BCUT2D eigenvalue weighted by atomic mass is 10.00. The van der Waals surface area contributed by atoms with Gasteiger partial charge in [-0.1, -0.05) is 53.2 Å². The van der Waals surface area contributed by atoms with Gasteiger partial charge in [0, 0.05) is 25.2 Å². The highest BCUT2D eigenvalue weighted by Gasteiger charge is 2.29. The number of benzene rings is 1. The van der Waals surface area contributed by atoms with Gasteiger partial charge in [0.2, 0.25) is 11.8 Å². The summed E-state index contributed by atoms with van der Waals surface area (Å²) < 4.78 is 2.09. The van der Waals surface area contributed by atoms with Gasteiger partial charge in [0.1, 0.15) is 0 Å². The molecule has 1 fully saturated rings. The Bertz CT molecular complexity index is 779. The molecule has 0 aliphatic carbocycles. The van der Waals surface area contributed by atoms with Crippen LogP contribution < -0.4 is 10.6 Å². The average Bonchev–Trinajstić information content (AvgIpc) is 2.76. The largest absolute Gasteiger partial charge is 0.346 e. The molecule has 1 aromatic rings. The van der Waals surface area contributed by atoms with Crippen LogP contribution in [0, 0.1) is 12.3 Å². The Balaban J connectivity index is 1.83. The van der Waals surface area contributed by atoms with E-state index in [2.05, 4.69) is 32.7 Å². The minimum Gasteiger partial charge on any atom is -0.346 e. The standard InChI is InChI=1S/C21H28Cl2N4O2S/c1-4-10-24-19(28)13-25-20(29)14-27(30-3)16-8-11-26(12-9-16)15(2)17-6-5-7-18(22)21(17)23/h1,5-7,15-16H,8-14H2,2-3H3,(H,24,28)(H,25,29). The number of halogens is 2. The maximum atomic E-state index is 12.2. The normalized spacial score (nSPS) is 16.1. The number of amides is 2. The number of nitrogens with zero attached hydrogens (tertiary/aromatic N) is 2. The molecule has 2 rings (SSSR count). The highest BCUT2D eigenvalue weighted by atomic mass is 35.5. The zero-order chi connectivity index (χ0) is 22.1. The number of nitrogens with one attached hydrogen (secondary N) is 2. The molecule has 0 radical (unpaired) electrons. The molecule has 1 aromatic carbocycles. The molecular weight excluding hydrogens is 443 g/mol. The zero-order valence-corrected chi connectivity index (χ0v) is 19.6. The molecule has 1 unspecified atom stereocenters. The molecule has 0 aromatic heterocycles. The van der Waals surface area contributed by atoms with E-state index in [1.54, 1.807) is 18.0 Å². The number of rotatable bonds is 9. The van der Waals surface area contributed by atoms with Crippen LogP contribution in [-0.4, -0.2) is 66.0 Å². The summed E-state index contributed by atoms with van der Waals surface area (Å²) in [6, 6.07) is 6.20. The van der Waals surface area contributed by atoms with E-state index in [1.807, 2.05) is 18.4 Å². The summed E-state index contributed by atoms with van der Waals surface area (Å²) in [5.74, 6) is 1.85. The molecule has 9 heteroatoms. The van der Waals surface area contributed by atoms with E-state index in [4.69, 9.17) is 29.6 Å². The quantitative estimate of drug-likeness (QED) is 0.428. The fraction of sp³-hybridized carbons (Fsp3) is 0.524. The molecule has 1 saturated heterocycles. The summed E-state index contributed by atoms with van der Waals surface area (Å²) >= 11 is 14.1. The van der Waals surface area contributed by atoms with Crippen LogP contribution in [0.15, 0.2) is 18.2 Å². The van der Waals surface area contributed by atoms with Crippen LogP contribution in [0.5, 0.6) is 0 Å². The van der Waals surface area contributed by atoms with Crippen molar-refractivity contribution in [3.63, 3.8) is 0 Å². The molecule has 1 aliphatic heterocycles. The van der Waals surface area contributed by atoms with Crippen molar-refractivity contribution in [2.45, 2.75) is 31.8 Å². The van der Waals surface area contributed by atoms with Gasteiger partial charge in [-0.3, -0.25) is 14.5 Å². The second-order valence-electron chi connectivity index (χ2n) is 7.10. The van der Waals surface area contributed by atoms with E-state index in [0.29, 0.717) is 16.1 Å². The fourth-order valence-corrected chi connectivity index (χ4v) is 4.75. The molecule has 2 N–H and O–H groups in total. The average molecular weight is 471 g/mol. The van der Waals surface area contributed by atoms with Gasteiger partial charge in [-0.05, 0) is 37.7 Å². The van der Waals surface area contributed by atoms with Gasteiger partial charge >= 0.3 is 0 Å². The van der Waals surface area contributed by atoms with Gasteiger partial charge in [-0.25, -0.2) is 4.31 Å². The van der Waals surface area contributed by atoms with Crippen molar-refractivity contribution in [2.75, 3.05) is 39.0 Å². The smallest absolute Gasteiger partial charge is 0.240 e. The first-order valence-electron chi connectivity index (χ1n) is 9.83. The van der Waals surface area contributed by atoms with Crippen LogP contribution in [0.25, 0.3) is 0 Å². The number of carbonyl (C=O) groups excluding carboxylic acids is 2. The highest BCUT2D eigenvalue weighted by molar-refractivity contribution is 7.96. The molecule has 1 atom stereocenters. The van der Waals surface area contributed by atoms with Gasteiger partial charge in [-0.15, -0.1) is 6.42 Å². The lowest BCUT2D eigenvalue weighted by Crippen LogP contribution is -2.47. The van der Waals surface area contributed by atoms with Gasteiger partial charge in [0.25, 0.3) is 0 Å². The Labute approximate surface area is 193 Å². The van der Waals surface area contributed by atoms with E-state index >= 15 is 0 Å². The molecule has 6 nitrogen and oxygen atoms in total. The molecule has 164 valence electrons. The van der Waals surface area contributed by atoms with Crippen molar-refractivity contribution in [3.05, 3.63) is 33.8 Å². The number of likely N-dealkylation sites (tertiary alicyclic amines) is 1. The molecular formula is C21H28Cl2N4O2S. The minimum atomic E-state index is -0.293. The van der Waals surface area contributed by atoms with Crippen LogP contribution in [0.1, 0.15) is 31.4 Å². The van der Waals surface area contributed by atoms with Crippen molar-refractivity contribution >= 4 is 47.0 Å². The van der Waals surface area contributed by atoms with Crippen LogP contribution in [0.3, 0.4) is 0 Å². The van der Waals surface area contributed by atoms with Crippen molar-refractivity contribution in [1.29, 1.82) is 0 Å². The third-order valence-corrected chi connectivity index (χ3v) is 6.98. The number of carbonyl (C=O) groups is 2. The predicted molar refractivity (Wildman–Crippen MR) is 125 cm³/mol. The van der Waals surface area contributed by atoms with Crippen molar-refractivity contribution in [1.82, 2.24) is 19.8 Å². The highest BCUT2D eigenvalue weighted by Crippen LogP contribution is 2.34. The van der Waals surface area contributed by atoms with Crippen LogP contribution in [-0.2, 0) is 9.59 Å². The summed E-state index contributed by atoms with van der Waals surface area (Å²) in [6.45, 7) is 4.28. The topological polar surface area (TPSA) is 64.7 Å². The van der Waals surface area contributed by atoms with Gasteiger partial charge in [-0.2, -0.15) is 0 Å². The van der Waals surface area contributed by atoms with Crippen molar-refractivity contribution < 1.29 is 9.59 Å². The van der Waals surface area contributed by atoms with E-state index in [1.165, 1.54) is 0 Å². The first-order valence-corrected chi connectivity index (χ1v) is 11.8. The summed E-state index contributed by atoms with van der Waals surface area (Å²) in [5.41, 5.74) is 1.03.